The molecule has 0 aliphatic carbocycles. The van der Waals surface area contributed by atoms with Crippen LogP contribution >= 0.6 is 23.1 Å². The van der Waals surface area contributed by atoms with Crippen LogP contribution in [0.25, 0.3) is 10.2 Å². The van der Waals surface area contributed by atoms with Gasteiger partial charge >= 0.3 is 4.87 Å². The number of nitrogens with zero attached hydrogens (tertiary/aromatic N) is 2. The van der Waals surface area contributed by atoms with Gasteiger partial charge in [-0.3, -0.25) is 14.2 Å². The molecule has 1 aromatic heterocycles. The lowest BCUT2D eigenvalue weighted by molar-refractivity contribution is -0.120. The van der Waals surface area contributed by atoms with Crippen LogP contribution in [-0.4, -0.2) is 42.5 Å². The van der Waals surface area contributed by atoms with Crippen molar-refractivity contribution in [1.29, 1.82) is 0 Å². The van der Waals surface area contributed by atoms with Crippen molar-refractivity contribution < 1.29 is 13.2 Å². The fourth-order valence-corrected chi connectivity index (χ4v) is 7.08. The van der Waals surface area contributed by atoms with Crippen LogP contribution in [0.4, 0.5) is 5.69 Å². The molecule has 10 heteroatoms. The molecule has 1 amide bonds. The van der Waals surface area contributed by atoms with Crippen LogP contribution in [0.1, 0.15) is 26.2 Å². The highest BCUT2D eigenvalue weighted by Gasteiger charge is 2.32. The first-order valence-corrected chi connectivity index (χ1v) is 14.4. The maximum absolute atomic E-state index is 13.2. The molecule has 2 aromatic carbocycles. The number of hydrogen-bond donors (Lipinski definition) is 1. The van der Waals surface area contributed by atoms with E-state index in [2.05, 4.69) is 5.32 Å². The molecule has 1 N–H and O–H groups in total. The molecule has 0 atom stereocenters. The van der Waals surface area contributed by atoms with Crippen LogP contribution in [-0.2, 0) is 21.4 Å². The Labute approximate surface area is 201 Å². The van der Waals surface area contributed by atoms with Crippen LogP contribution < -0.4 is 10.2 Å². The zero-order valence-corrected chi connectivity index (χ0v) is 21.1. The summed E-state index contributed by atoms with van der Waals surface area (Å²) in [7, 11) is -3.69. The number of anilines is 1. The Bertz CT molecular complexity index is 1320. The summed E-state index contributed by atoms with van der Waals surface area (Å²) in [6, 6.07) is 12.6. The van der Waals surface area contributed by atoms with Crippen LogP contribution in [0.2, 0.25) is 0 Å². The minimum Gasteiger partial charge on any atom is -0.326 e. The number of carbonyl (C=O) groups excluding carboxylic acids is 1. The van der Waals surface area contributed by atoms with Gasteiger partial charge in [-0.15, -0.1) is 11.8 Å². The van der Waals surface area contributed by atoms with Gasteiger partial charge in [0.05, 0.1) is 15.1 Å². The lowest BCUT2D eigenvalue weighted by Crippen LogP contribution is -2.41. The molecule has 0 spiro atoms. The zero-order valence-electron chi connectivity index (χ0n) is 18.6. The summed E-state index contributed by atoms with van der Waals surface area (Å²) in [5.74, 6) is -0.307. The monoisotopic (exact) mass is 505 g/mol. The summed E-state index contributed by atoms with van der Waals surface area (Å²) >= 11 is 2.68. The summed E-state index contributed by atoms with van der Waals surface area (Å²) in [5.41, 5.74) is 1.52. The van der Waals surface area contributed by atoms with Crippen LogP contribution in [0.3, 0.4) is 0 Å². The molecule has 0 saturated carbocycles. The standard InChI is InChI=1S/C23H27N3O4S3/c1-3-11-26-20-8-7-19(15-21(20)32-23(26)28)33(29,30)25-12-9-16(10-13-25)22(27)24-17-5-4-6-18(14-17)31-2/h4-8,14-16H,3,9-13H2,1-2H3,(H,24,27). The Balaban J connectivity index is 1.44. The molecule has 176 valence electrons. The molecular weight excluding hydrogens is 478 g/mol. The predicted molar refractivity (Wildman–Crippen MR) is 135 cm³/mol. The molecule has 2 heterocycles. The fraction of sp³-hybridized carbons (Fsp3) is 0.391. The smallest absolute Gasteiger partial charge is 0.308 e. The van der Waals surface area contributed by atoms with Gasteiger partial charge < -0.3 is 5.32 Å². The lowest BCUT2D eigenvalue weighted by atomic mass is 9.97. The van der Waals surface area contributed by atoms with Gasteiger partial charge in [0.25, 0.3) is 0 Å². The second-order valence-electron chi connectivity index (χ2n) is 8.05. The van der Waals surface area contributed by atoms with Crippen molar-refractivity contribution in [2.24, 2.45) is 5.92 Å². The molecule has 1 saturated heterocycles. The Morgan fingerprint density at radius 1 is 1.18 bits per heavy atom. The van der Waals surface area contributed by atoms with Crippen molar-refractivity contribution >= 4 is 54.9 Å². The number of piperidine rings is 1. The van der Waals surface area contributed by atoms with E-state index in [0.717, 1.165) is 33.9 Å². The summed E-state index contributed by atoms with van der Waals surface area (Å²) in [6.45, 7) is 3.19. The lowest BCUT2D eigenvalue weighted by Gasteiger charge is -2.30. The molecule has 0 radical (unpaired) electrons. The van der Waals surface area contributed by atoms with E-state index < -0.39 is 10.0 Å². The normalized spacial score (nSPS) is 15.7. The number of aromatic nitrogens is 1. The van der Waals surface area contributed by atoms with Crippen molar-refractivity contribution in [2.75, 3.05) is 24.7 Å². The number of thiazole rings is 1. The molecule has 7 nitrogen and oxygen atoms in total. The SMILES string of the molecule is CCCn1c(=O)sc2cc(S(=O)(=O)N3CCC(C(=O)Nc4cccc(SC)c4)CC3)ccc21. The Morgan fingerprint density at radius 3 is 2.64 bits per heavy atom. The molecular formula is C23H27N3O4S3. The van der Waals surface area contributed by atoms with Crippen LogP contribution in [0.15, 0.2) is 57.1 Å². The number of thioether (sulfide) groups is 1. The average molecular weight is 506 g/mol. The van der Waals surface area contributed by atoms with Crippen LogP contribution in [0.5, 0.6) is 0 Å². The van der Waals surface area contributed by atoms with Gasteiger partial charge in [-0.25, -0.2) is 8.42 Å². The van der Waals surface area contributed by atoms with E-state index in [4.69, 9.17) is 0 Å². The molecule has 1 aliphatic rings. The van der Waals surface area contributed by atoms with Crippen molar-refractivity contribution in [3.8, 4) is 0 Å². The first-order valence-electron chi connectivity index (χ1n) is 10.9. The number of rotatable bonds is 7. The van der Waals surface area contributed by atoms with E-state index in [1.54, 1.807) is 34.5 Å². The average Bonchev–Trinajstić information content (AvgIpc) is 3.13. The van der Waals surface area contributed by atoms with Crippen molar-refractivity contribution in [1.82, 2.24) is 8.87 Å². The van der Waals surface area contributed by atoms with Gasteiger partial charge in [-0.2, -0.15) is 4.31 Å². The molecule has 0 bridgehead atoms. The second kappa shape index (κ2) is 10.0. The number of amides is 1. The third-order valence-electron chi connectivity index (χ3n) is 5.89. The van der Waals surface area contributed by atoms with Gasteiger partial charge in [0.2, 0.25) is 15.9 Å². The zero-order chi connectivity index (χ0) is 23.6. The van der Waals surface area contributed by atoms with E-state index >= 15 is 0 Å². The summed E-state index contributed by atoms with van der Waals surface area (Å²) in [5, 5.41) is 2.96. The highest BCUT2D eigenvalue weighted by atomic mass is 32.2. The van der Waals surface area contributed by atoms with E-state index in [1.165, 1.54) is 4.31 Å². The number of hydrogen-bond acceptors (Lipinski definition) is 6. The van der Waals surface area contributed by atoms with E-state index in [0.29, 0.717) is 24.1 Å². The highest BCUT2D eigenvalue weighted by molar-refractivity contribution is 7.98. The minimum absolute atomic E-state index is 0.0729. The second-order valence-corrected chi connectivity index (χ2v) is 11.9. The van der Waals surface area contributed by atoms with Gasteiger partial charge in [0.15, 0.2) is 0 Å². The summed E-state index contributed by atoms with van der Waals surface area (Å²) in [6.07, 6.45) is 3.75. The first-order chi connectivity index (χ1) is 15.8. The largest absolute Gasteiger partial charge is 0.326 e. The number of fused-ring (bicyclic) bond motifs is 1. The van der Waals surface area contributed by atoms with Gasteiger partial charge in [-0.1, -0.05) is 24.3 Å². The number of benzene rings is 2. The highest BCUT2D eigenvalue weighted by Crippen LogP contribution is 2.28. The molecule has 33 heavy (non-hydrogen) atoms. The molecule has 4 rings (SSSR count). The predicted octanol–water partition coefficient (Wildman–Crippen LogP) is 4.23. The van der Waals surface area contributed by atoms with Crippen LogP contribution in [0, 0.1) is 5.92 Å². The topological polar surface area (TPSA) is 88.5 Å². The van der Waals surface area contributed by atoms with E-state index in [9.17, 15) is 18.0 Å². The van der Waals surface area contributed by atoms with Gasteiger partial charge in [0.1, 0.15) is 0 Å². The number of sulfonamides is 1. The quantitative estimate of drug-likeness (QED) is 0.486. The number of carbonyl (C=O) groups is 1. The first kappa shape index (κ1) is 24.0. The Morgan fingerprint density at radius 2 is 1.94 bits per heavy atom. The van der Waals surface area contributed by atoms with Crippen molar-refractivity contribution in [3.63, 3.8) is 0 Å². The minimum atomic E-state index is -3.69. The fourth-order valence-electron chi connectivity index (χ4n) is 4.10. The maximum atomic E-state index is 13.2. The molecule has 0 unspecified atom stereocenters. The van der Waals surface area contributed by atoms with Crippen molar-refractivity contribution in [3.05, 3.63) is 52.1 Å². The van der Waals surface area contributed by atoms with E-state index in [-0.39, 0.29) is 34.7 Å². The Hall–Kier alpha value is -2.14. The maximum Gasteiger partial charge on any atom is 0.308 e. The molecule has 1 aliphatic heterocycles. The van der Waals surface area contributed by atoms with E-state index in [1.807, 2.05) is 37.4 Å². The third-order valence-corrected chi connectivity index (χ3v) is 9.45. The molecule has 3 aromatic rings. The molecule has 1 fully saturated rings. The Kier molecular flexibility index (Phi) is 7.28. The summed E-state index contributed by atoms with van der Waals surface area (Å²) < 4.78 is 30.3. The number of aryl methyl sites for hydroxylation is 1. The number of nitrogens with one attached hydrogen (secondary N) is 1. The third kappa shape index (κ3) is 5.03. The van der Waals surface area contributed by atoms with Gasteiger partial charge in [-0.05, 0) is 61.9 Å². The summed E-state index contributed by atoms with van der Waals surface area (Å²) in [4.78, 5) is 26.1. The van der Waals surface area contributed by atoms with Gasteiger partial charge in [0, 0.05) is 36.1 Å². The van der Waals surface area contributed by atoms with Crippen molar-refractivity contribution in [2.45, 2.75) is 42.5 Å².